The zero-order valence-electron chi connectivity index (χ0n) is 19.5. The van der Waals surface area contributed by atoms with E-state index in [0.29, 0.717) is 10.6 Å². The van der Waals surface area contributed by atoms with Crippen LogP contribution in [0.15, 0.2) is 72.8 Å². The highest BCUT2D eigenvalue weighted by molar-refractivity contribution is 6.30. The average molecular weight is 559 g/mol. The molecule has 0 unspecified atom stereocenters. The molecule has 0 bridgehead atoms. The van der Waals surface area contributed by atoms with E-state index in [2.05, 4.69) is 16.0 Å². The Morgan fingerprint density at radius 1 is 0.711 bits per heavy atom. The SMILES string of the molecule is O=C(NCCN(Cc1ccc(Cl)cc1)C(=O)Nc1ccc(C(F)(F)F)cc1)Nc1ccc(C(F)(F)F)cc1. The Bertz CT molecular complexity index is 1230. The molecule has 4 amide bonds. The van der Waals surface area contributed by atoms with Gasteiger partial charge in [0.05, 0.1) is 11.1 Å². The molecule has 3 N–H and O–H groups in total. The van der Waals surface area contributed by atoms with Gasteiger partial charge in [-0.2, -0.15) is 26.3 Å². The first-order chi connectivity index (χ1) is 17.8. The Kier molecular flexibility index (Phi) is 9.10. The zero-order valence-corrected chi connectivity index (χ0v) is 20.2. The monoisotopic (exact) mass is 558 g/mol. The highest BCUT2D eigenvalue weighted by Crippen LogP contribution is 2.30. The maximum absolute atomic E-state index is 12.9. The maximum Gasteiger partial charge on any atom is 0.416 e. The normalized spacial score (nSPS) is 11.6. The minimum absolute atomic E-state index is 0.00444. The van der Waals surface area contributed by atoms with Crippen molar-refractivity contribution in [2.45, 2.75) is 18.9 Å². The van der Waals surface area contributed by atoms with Gasteiger partial charge >= 0.3 is 24.4 Å². The second-order valence-electron chi connectivity index (χ2n) is 8.01. The third-order valence-electron chi connectivity index (χ3n) is 5.17. The maximum atomic E-state index is 12.9. The molecule has 0 aromatic heterocycles. The van der Waals surface area contributed by atoms with Gasteiger partial charge in [0.25, 0.3) is 0 Å². The second kappa shape index (κ2) is 12.1. The molecular weight excluding hydrogens is 538 g/mol. The summed E-state index contributed by atoms with van der Waals surface area (Å²) < 4.78 is 76.4. The zero-order chi connectivity index (χ0) is 27.9. The lowest BCUT2D eigenvalue weighted by molar-refractivity contribution is -0.138. The number of halogens is 7. The number of alkyl halides is 6. The Balaban J connectivity index is 1.61. The standard InChI is InChI=1S/C25H21ClF6N4O2/c26-19-7-1-16(2-8-19)15-36(23(38)35-21-11-5-18(6-12-21)25(30,31)32)14-13-33-22(37)34-20-9-3-17(4-10-20)24(27,28)29/h1-12H,13-15H2,(H,35,38)(H2,33,34,37). The van der Waals surface area contributed by atoms with Crippen molar-refractivity contribution >= 4 is 35.0 Å². The van der Waals surface area contributed by atoms with Gasteiger partial charge in [0.15, 0.2) is 0 Å². The molecule has 6 nitrogen and oxygen atoms in total. The number of nitrogens with one attached hydrogen (secondary N) is 3. The van der Waals surface area contributed by atoms with Gasteiger partial charge in [-0.25, -0.2) is 9.59 Å². The molecule has 0 atom stereocenters. The van der Waals surface area contributed by atoms with Gasteiger partial charge in [-0.05, 0) is 66.2 Å². The number of benzene rings is 3. The van der Waals surface area contributed by atoms with Crippen LogP contribution in [0.2, 0.25) is 5.02 Å². The Morgan fingerprint density at radius 2 is 1.18 bits per heavy atom. The molecule has 38 heavy (non-hydrogen) atoms. The van der Waals surface area contributed by atoms with E-state index in [4.69, 9.17) is 11.6 Å². The minimum Gasteiger partial charge on any atom is -0.336 e. The number of carbonyl (C=O) groups is 2. The van der Waals surface area contributed by atoms with Crippen LogP contribution in [-0.4, -0.2) is 30.1 Å². The molecule has 0 saturated heterocycles. The van der Waals surface area contributed by atoms with E-state index in [1.165, 1.54) is 4.90 Å². The average Bonchev–Trinajstić information content (AvgIpc) is 2.84. The first kappa shape index (κ1) is 28.6. The summed E-state index contributed by atoms with van der Waals surface area (Å²) in [5, 5.41) is 7.90. The van der Waals surface area contributed by atoms with Crippen LogP contribution in [0.1, 0.15) is 16.7 Å². The molecule has 13 heteroatoms. The lowest BCUT2D eigenvalue weighted by Gasteiger charge is -2.24. The third-order valence-corrected chi connectivity index (χ3v) is 5.43. The van der Waals surface area contributed by atoms with Gasteiger partial charge in [0, 0.05) is 36.0 Å². The summed E-state index contributed by atoms with van der Waals surface area (Å²) in [6.07, 6.45) is -9.02. The Hall–Kier alpha value is -3.93. The van der Waals surface area contributed by atoms with Crippen molar-refractivity contribution in [3.05, 3.63) is 94.5 Å². The molecular formula is C25H21ClF6N4O2. The number of hydrogen-bond donors (Lipinski definition) is 3. The topological polar surface area (TPSA) is 73.5 Å². The molecule has 3 aromatic carbocycles. The molecule has 0 saturated carbocycles. The fraction of sp³-hybridized carbons (Fsp3) is 0.200. The number of rotatable bonds is 7. The van der Waals surface area contributed by atoms with E-state index < -0.39 is 35.5 Å². The Labute approximate surface area is 218 Å². The number of urea groups is 2. The van der Waals surface area contributed by atoms with E-state index in [0.717, 1.165) is 48.5 Å². The van der Waals surface area contributed by atoms with Crippen molar-refractivity contribution in [3.63, 3.8) is 0 Å². The summed E-state index contributed by atoms with van der Waals surface area (Å²) in [5.74, 6) is 0. The van der Waals surface area contributed by atoms with E-state index in [-0.39, 0.29) is 31.0 Å². The first-order valence-corrected chi connectivity index (χ1v) is 11.4. The molecule has 3 rings (SSSR count). The van der Waals surface area contributed by atoms with Gasteiger partial charge in [0.1, 0.15) is 0 Å². The van der Waals surface area contributed by atoms with Crippen LogP contribution in [0.3, 0.4) is 0 Å². The highest BCUT2D eigenvalue weighted by Gasteiger charge is 2.30. The molecule has 0 aliphatic heterocycles. The molecule has 0 fully saturated rings. The highest BCUT2D eigenvalue weighted by atomic mass is 35.5. The van der Waals surface area contributed by atoms with Crippen molar-refractivity contribution in [1.82, 2.24) is 10.2 Å². The second-order valence-corrected chi connectivity index (χ2v) is 8.45. The van der Waals surface area contributed by atoms with Crippen LogP contribution in [0.25, 0.3) is 0 Å². The van der Waals surface area contributed by atoms with Gasteiger partial charge in [-0.3, -0.25) is 0 Å². The van der Waals surface area contributed by atoms with E-state index >= 15 is 0 Å². The predicted molar refractivity (Wildman–Crippen MR) is 131 cm³/mol. The molecule has 0 aliphatic carbocycles. The molecule has 0 aliphatic rings. The van der Waals surface area contributed by atoms with Crippen LogP contribution in [0, 0.1) is 0 Å². The van der Waals surface area contributed by atoms with Crippen LogP contribution in [-0.2, 0) is 18.9 Å². The fourth-order valence-electron chi connectivity index (χ4n) is 3.23. The first-order valence-electron chi connectivity index (χ1n) is 11.0. The van der Waals surface area contributed by atoms with Crippen molar-refractivity contribution in [1.29, 1.82) is 0 Å². The summed E-state index contributed by atoms with van der Waals surface area (Å²) in [4.78, 5) is 26.4. The molecule has 3 aromatic rings. The van der Waals surface area contributed by atoms with E-state index in [9.17, 15) is 35.9 Å². The summed E-state index contributed by atoms with van der Waals surface area (Å²) in [5.41, 5.74) is -0.756. The van der Waals surface area contributed by atoms with Gasteiger partial charge in [-0.1, -0.05) is 23.7 Å². The molecule has 0 heterocycles. The van der Waals surface area contributed by atoms with E-state index in [1.54, 1.807) is 24.3 Å². The summed E-state index contributed by atoms with van der Waals surface area (Å²) >= 11 is 5.90. The minimum atomic E-state index is -4.52. The summed E-state index contributed by atoms with van der Waals surface area (Å²) in [6.45, 7) is 0.0435. The fourth-order valence-corrected chi connectivity index (χ4v) is 3.36. The van der Waals surface area contributed by atoms with Crippen molar-refractivity contribution in [3.8, 4) is 0 Å². The van der Waals surface area contributed by atoms with Crippen molar-refractivity contribution in [2.24, 2.45) is 0 Å². The Morgan fingerprint density at radius 3 is 1.66 bits per heavy atom. The largest absolute Gasteiger partial charge is 0.416 e. The third kappa shape index (κ3) is 8.58. The smallest absolute Gasteiger partial charge is 0.336 e. The van der Waals surface area contributed by atoms with Crippen molar-refractivity contribution < 1.29 is 35.9 Å². The molecule has 0 radical (unpaired) electrons. The van der Waals surface area contributed by atoms with Crippen LogP contribution >= 0.6 is 11.6 Å². The van der Waals surface area contributed by atoms with Crippen LogP contribution in [0.5, 0.6) is 0 Å². The van der Waals surface area contributed by atoms with Gasteiger partial charge in [-0.15, -0.1) is 0 Å². The van der Waals surface area contributed by atoms with Crippen LogP contribution in [0.4, 0.5) is 47.3 Å². The summed E-state index contributed by atoms with van der Waals surface area (Å²) in [6, 6.07) is 13.1. The van der Waals surface area contributed by atoms with Gasteiger partial charge < -0.3 is 20.9 Å². The van der Waals surface area contributed by atoms with Gasteiger partial charge in [0.2, 0.25) is 0 Å². The van der Waals surface area contributed by atoms with E-state index in [1.807, 2.05) is 0 Å². The van der Waals surface area contributed by atoms with Crippen LogP contribution < -0.4 is 16.0 Å². The van der Waals surface area contributed by atoms with Crippen molar-refractivity contribution in [2.75, 3.05) is 23.7 Å². The number of amides is 4. The lowest BCUT2D eigenvalue weighted by Crippen LogP contribution is -2.41. The lowest BCUT2D eigenvalue weighted by atomic mass is 10.2. The predicted octanol–water partition coefficient (Wildman–Crippen LogP) is 7.23. The summed E-state index contributed by atoms with van der Waals surface area (Å²) in [7, 11) is 0. The quantitative estimate of drug-likeness (QED) is 0.268. The molecule has 202 valence electrons. The number of hydrogen-bond acceptors (Lipinski definition) is 2. The number of anilines is 2. The molecule has 0 spiro atoms. The number of nitrogens with zero attached hydrogens (tertiary/aromatic N) is 1. The number of carbonyl (C=O) groups excluding carboxylic acids is 2.